The number of hydrogen-bond acceptors (Lipinski definition) is 4. The van der Waals surface area contributed by atoms with Crippen LogP contribution in [0.2, 0.25) is 0 Å². The van der Waals surface area contributed by atoms with Crippen LogP contribution in [0.3, 0.4) is 0 Å². The van der Waals surface area contributed by atoms with E-state index in [0.29, 0.717) is 17.6 Å². The molecular weight excluding hydrogens is 829 g/mol. The van der Waals surface area contributed by atoms with Crippen LogP contribution in [0.1, 0.15) is 0 Å². The van der Waals surface area contributed by atoms with Crippen LogP contribution < -0.4 is 0 Å². The van der Waals surface area contributed by atoms with Crippen molar-refractivity contribution in [2.75, 3.05) is 0 Å². The van der Waals surface area contributed by atoms with Crippen LogP contribution in [0, 0.1) is 0 Å². The number of nitrogens with zero attached hydrogens (tertiary/aromatic N) is 6. The van der Waals surface area contributed by atoms with Crippen LogP contribution in [0.15, 0.2) is 243 Å². The molecule has 0 radical (unpaired) electrons. The summed E-state index contributed by atoms with van der Waals surface area (Å²) in [4.78, 5) is 21.2. The molecule has 0 atom stereocenters. The van der Waals surface area contributed by atoms with Crippen LogP contribution in [-0.2, 0) is 0 Å². The van der Waals surface area contributed by atoms with Gasteiger partial charge < -0.3 is 4.57 Å². The van der Waals surface area contributed by atoms with Crippen molar-refractivity contribution in [3.8, 4) is 79.2 Å². The maximum atomic E-state index is 5.49. The van der Waals surface area contributed by atoms with E-state index < -0.39 is 0 Å². The van der Waals surface area contributed by atoms with Gasteiger partial charge in [-0.15, -0.1) is 0 Å². The van der Waals surface area contributed by atoms with Gasteiger partial charge >= 0.3 is 0 Å². The van der Waals surface area contributed by atoms with Crippen molar-refractivity contribution in [2.24, 2.45) is 0 Å². The second-order valence-corrected chi connectivity index (χ2v) is 17.0. The second-order valence-electron chi connectivity index (χ2n) is 17.0. The van der Waals surface area contributed by atoms with Crippen molar-refractivity contribution < 1.29 is 0 Å². The van der Waals surface area contributed by atoms with E-state index in [1.807, 2.05) is 36.4 Å². The van der Waals surface area contributed by atoms with Gasteiger partial charge in [0.15, 0.2) is 11.6 Å². The van der Waals surface area contributed by atoms with Gasteiger partial charge in [0.05, 0.1) is 39.1 Å². The maximum absolute atomic E-state index is 5.49. The number of rotatable bonds is 8. The molecule has 4 aromatic heterocycles. The van der Waals surface area contributed by atoms with E-state index in [2.05, 4.69) is 215 Å². The lowest BCUT2D eigenvalue weighted by Crippen LogP contribution is -2.07. The predicted octanol–water partition coefficient (Wildman–Crippen LogP) is 15.5. The molecule has 0 aliphatic rings. The molecule has 0 unspecified atom stereocenters. The number of aromatic nitrogens is 6. The molecule has 0 saturated heterocycles. The Morgan fingerprint density at radius 2 is 0.691 bits per heavy atom. The summed E-state index contributed by atoms with van der Waals surface area (Å²) in [5.41, 5.74) is 15.4. The SMILES string of the molecule is c1ccc(-c2ccc(-c3cc(-c4ccccc4)nc(-c4ccccc4-n4c5ccccc5c5ccc6c7ccccc7n(-c7nc(-c8ccccc8)nc(-c8ccccc8)n7)c6c54)c3)cc2)cc1. The molecule has 6 nitrogen and oxygen atoms in total. The summed E-state index contributed by atoms with van der Waals surface area (Å²) in [7, 11) is 0. The van der Waals surface area contributed by atoms with E-state index in [9.17, 15) is 0 Å². The lowest BCUT2D eigenvalue weighted by atomic mass is 9.97. The van der Waals surface area contributed by atoms with Gasteiger partial charge in [-0.25, -0.2) is 9.97 Å². The normalized spacial score (nSPS) is 11.5. The largest absolute Gasteiger partial charge is 0.306 e. The Morgan fingerprint density at radius 3 is 1.28 bits per heavy atom. The first-order valence-corrected chi connectivity index (χ1v) is 22.9. The smallest absolute Gasteiger partial charge is 0.238 e. The number of fused-ring (bicyclic) bond motifs is 7. The minimum Gasteiger partial charge on any atom is -0.306 e. The quantitative estimate of drug-likeness (QED) is 0.153. The Bertz CT molecular complexity index is 3930. The monoisotopic (exact) mass is 868 g/mol. The number of para-hydroxylation sites is 3. The molecule has 9 aromatic carbocycles. The fourth-order valence-corrected chi connectivity index (χ4v) is 9.82. The van der Waals surface area contributed by atoms with Crippen molar-refractivity contribution in [1.82, 2.24) is 29.1 Å². The van der Waals surface area contributed by atoms with E-state index in [4.69, 9.17) is 19.9 Å². The Hall–Kier alpha value is -9.26. The topological polar surface area (TPSA) is 61.4 Å². The van der Waals surface area contributed by atoms with E-state index in [1.165, 1.54) is 11.1 Å². The fraction of sp³-hybridized carbons (Fsp3) is 0. The van der Waals surface area contributed by atoms with Crippen molar-refractivity contribution in [3.63, 3.8) is 0 Å². The Balaban J connectivity index is 1.09. The number of pyridine rings is 1. The van der Waals surface area contributed by atoms with Gasteiger partial charge in [-0.3, -0.25) is 4.57 Å². The second kappa shape index (κ2) is 16.3. The first-order valence-electron chi connectivity index (χ1n) is 22.9. The lowest BCUT2D eigenvalue weighted by Gasteiger charge is -2.17. The van der Waals surface area contributed by atoms with Gasteiger partial charge in [-0.1, -0.05) is 212 Å². The molecule has 13 rings (SSSR count). The molecule has 0 aliphatic carbocycles. The molecule has 4 heterocycles. The van der Waals surface area contributed by atoms with Crippen LogP contribution in [0.4, 0.5) is 0 Å². The summed E-state index contributed by atoms with van der Waals surface area (Å²) in [5, 5.41) is 4.48. The Labute approximate surface area is 392 Å². The summed E-state index contributed by atoms with van der Waals surface area (Å²) in [6, 6.07) is 85.1. The Kier molecular flexibility index (Phi) is 9.39. The zero-order valence-corrected chi connectivity index (χ0v) is 36.8. The number of benzene rings is 9. The van der Waals surface area contributed by atoms with Gasteiger partial charge in [0.25, 0.3) is 0 Å². The highest BCUT2D eigenvalue weighted by atomic mass is 15.2. The van der Waals surface area contributed by atoms with E-state index in [0.717, 1.165) is 94.1 Å². The maximum Gasteiger partial charge on any atom is 0.238 e. The molecule has 0 aliphatic heterocycles. The average molecular weight is 869 g/mol. The minimum atomic E-state index is 0.543. The minimum absolute atomic E-state index is 0.543. The van der Waals surface area contributed by atoms with Crippen molar-refractivity contribution in [2.45, 2.75) is 0 Å². The van der Waals surface area contributed by atoms with Crippen molar-refractivity contribution in [3.05, 3.63) is 243 Å². The Morgan fingerprint density at radius 1 is 0.265 bits per heavy atom. The molecule has 68 heavy (non-hydrogen) atoms. The summed E-state index contributed by atoms with van der Waals surface area (Å²) in [6.07, 6.45) is 0. The van der Waals surface area contributed by atoms with Crippen LogP contribution >= 0.6 is 0 Å². The summed E-state index contributed by atoms with van der Waals surface area (Å²) < 4.78 is 4.68. The van der Waals surface area contributed by atoms with E-state index in [1.54, 1.807) is 0 Å². The summed E-state index contributed by atoms with van der Waals surface area (Å²) >= 11 is 0. The fourth-order valence-electron chi connectivity index (χ4n) is 9.82. The van der Waals surface area contributed by atoms with Crippen LogP contribution in [0.25, 0.3) is 123 Å². The van der Waals surface area contributed by atoms with Gasteiger partial charge in [-0.05, 0) is 52.6 Å². The van der Waals surface area contributed by atoms with Crippen molar-refractivity contribution >= 4 is 43.6 Å². The average Bonchev–Trinajstić information content (AvgIpc) is 3.95. The number of hydrogen-bond donors (Lipinski definition) is 0. The van der Waals surface area contributed by atoms with Crippen LogP contribution in [0.5, 0.6) is 0 Å². The molecule has 0 amide bonds. The standard InChI is InChI=1S/C62H40N6/c1-5-19-41(20-6-1)42-33-35-43(36-34-42)47-39-53(44-21-7-2-8-22-44)63-54(40-47)52-29-15-18-32-57(52)67-55-30-16-13-27-48(55)50-37-38-51-49-28-14-17-31-56(49)68(59(51)58(50)67)62-65-60(45-23-9-3-10-24-45)64-61(66-62)46-25-11-4-12-26-46/h1-40H. The van der Waals surface area contributed by atoms with Gasteiger partial charge in [0, 0.05) is 43.8 Å². The highest BCUT2D eigenvalue weighted by Gasteiger charge is 2.25. The molecule has 0 spiro atoms. The van der Waals surface area contributed by atoms with Gasteiger partial charge in [0.1, 0.15) is 0 Å². The van der Waals surface area contributed by atoms with Gasteiger partial charge in [-0.2, -0.15) is 9.97 Å². The van der Waals surface area contributed by atoms with Crippen molar-refractivity contribution in [1.29, 1.82) is 0 Å². The zero-order valence-electron chi connectivity index (χ0n) is 36.8. The molecule has 0 saturated carbocycles. The summed E-state index contributed by atoms with van der Waals surface area (Å²) in [6.45, 7) is 0. The van der Waals surface area contributed by atoms with Crippen LogP contribution in [-0.4, -0.2) is 29.1 Å². The molecular formula is C62H40N6. The zero-order chi connectivity index (χ0) is 45.0. The third kappa shape index (κ3) is 6.66. The van der Waals surface area contributed by atoms with E-state index in [-0.39, 0.29) is 0 Å². The highest BCUT2D eigenvalue weighted by molar-refractivity contribution is 6.24. The summed E-state index contributed by atoms with van der Waals surface area (Å²) in [5.74, 6) is 1.75. The first kappa shape index (κ1) is 39.1. The molecule has 0 fully saturated rings. The first-order chi connectivity index (χ1) is 33.7. The highest BCUT2D eigenvalue weighted by Crippen LogP contribution is 2.43. The molecule has 0 N–H and O–H groups in total. The molecule has 318 valence electrons. The van der Waals surface area contributed by atoms with E-state index >= 15 is 0 Å². The molecule has 0 bridgehead atoms. The molecule has 6 heteroatoms. The predicted molar refractivity (Wildman–Crippen MR) is 279 cm³/mol. The third-order valence-corrected chi connectivity index (χ3v) is 13.0. The third-order valence-electron chi connectivity index (χ3n) is 13.0. The lowest BCUT2D eigenvalue weighted by molar-refractivity contribution is 0.953. The molecule has 13 aromatic rings. The van der Waals surface area contributed by atoms with Gasteiger partial charge in [0.2, 0.25) is 5.95 Å².